The van der Waals surface area contributed by atoms with Gasteiger partial charge in [0.25, 0.3) is 0 Å². The van der Waals surface area contributed by atoms with Gasteiger partial charge in [-0.2, -0.15) is 0 Å². The maximum atomic E-state index is 12.4. The Morgan fingerprint density at radius 2 is 0.661 bits per heavy atom. The van der Waals surface area contributed by atoms with Crippen LogP contribution in [0.15, 0.2) is 36.5 Å². The molecule has 0 saturated heterocycles. The van der Waals surface area contributed by atoms with Crippen molar-refractivity contribution in [3.8, 4) is 0 Å². The first-order valence-electron chi connectivity index (χ1n) is 26.7. The number of nitrogens with one attached hydrogen (secondary N) is 1. The normalized spacial score (nSPS) is 13.1. The van der Waals surface area contributed by atoms with Gasteiger partial charge in [-0.15, -0.1) is 0 Å². The number of carbonyl (C=O) groups excluding carboxylic acids is 1. The summed E-state index contributed by atoms with van der Waals surface area (Å²) in [5.74, 6) is -0.0743. The van der Waals surface area contributed by atoms with Crippen LogP contribution in [0.5, 0.6) is 0 Å². The van der Waals surface area contributed by atoms with Crippen molar-refractivity contribution in [2.45, 2.75) is 302 Å². The minimum Gasteiger partial charge on any atom is -0.394 e. The molecule has 0 aromatic carbocycles. The number of allylic oxidation sites excluding steroid dienone is 5. The van der Waals surface area contributed by atoms with E-state index in [1.807, 2.05) is 6.08 Å². The van der Waals surface area contributed by atoms with Crippen molar-refractivity contribution in [3.05, 3.63) is 36.5 Å². The lowest BCUT2D eigenvalue weighted by Gasteiger charge is -2.19. The summed E-state index contributed by atoms with van der Waals surface area (Å²) in [6.07, 6.45) is 68.8. The fraction of sp³-hybridized carbons (Fsp3) is 0.873. The Bertz CT molecular complexity index is 897. The lowest BCUT2D eigenvalue weighted by molar-refractivity contribution is -0.123. The Labute approximate surface area is 370 Å². The second kappa shape index (κ2) is 51.0. The lowest BCUT2D eigenvalue weighted by Crippen LogP contribution is -2.45. The van der Waals surface area contributed by atoms with E-state index in [0.717, 1.165) is 38.5 Å². The van der Waals surface area contributed by atoms with Crippen molar-refractivity contribution in [3.63, 3.8) is 0 Å². The number of hydrogen-bond acceptors (Lipinski definition) is 3. The van der Waals surface area contributed by atoms with Crippen molar-refractivity contribution in [2.24, 2.45) is 0 Å². The molecule has 59 heavy (non-hydrogen) atoms. The fourth-order valence-electron chi connectivity index (χ4n) is 8.27. The average Bonchev–Trinajstić information content (AvgIpc) is 3.24. The molecule has 0 radical (unpaired) electrons. The summed E-state index contributed by atoms with van der Waals surface area (Å²) in [6, 6.07) is -0.643. The quantitative estimate of drug-likeness (QED) is 0.0423. The van der Waals surface area contributed by atoms with Crippen molar-refractivity contribution in [1.29, 1.82) is 0 Å². The largest absolute Gasteiger partial charge is 0.394 e. The average molecular weight is 828 g/mol. The zero-order valence-corrected chi connectivity index (χ0v) is 40.0. The number of aliphatic hydroxyl groups is 2. The van der Waals surface area contributed by atoms with E-state index < -0.39 is 12.1 Å². The Hall–Kier alpha value is -1.39. The third-order valence-electron chi connectivity index (χ3n) is 12.4. The van der Waals surface area contributed by atoms with Crippen molar-refractivity contribution < 1.29 is 15.0 Å². The summed E-state index contributed by atoms with van der Waals surface area (Å²) in [4.78, 5) is 12.4. The van der Waals surface area contributed by atoms with Gasteiger partial charge in [-0.05, 0) is 44.9 Å². The molecule has 0 heterocycles. The van der Waals surface area contributed by atoms with Crippen molar-refractivity contribution in [2.75, 3.05) is 6.61 Å². The summed E-state index contributed by atoms with van der Waals surface area (Å²) in [5.41, 5.74) is 0. The van der Waals surface area contributed by atoms with Crippen LogP contribution in [0.3, 0.4) is 0 Å². The van der Waals surface area contributed by atoms with E-state index >= 15 is 0 Å². The van der Waals surface area contributed by atoms with Gasteiger partial charge in [0.2, 0.25) is 5.91 Å². The van der Waals surface area contributed by atoms with E-state index in [4.69, 9.17) is 0 Å². The van der Waals surface area contributed by atoms with Crippen molar-refractivity contribution in [1.82, 2.24) is 5.32 Å². The second-order valence-electron chi connectivity index (χ2n) is 18.3. The summed E-state index contributed by atoms with van der Waals surface area (Å²) in [7, 11) is 0. The maximum absolute atomic E-state index is 12.4. The number of hydrogen-bond donors (Lipinski definition) is 3. The first-order valence-corrected chi connectivity index (χ1v) is 26.7. The van der Waals surface area contributed by atoms with Gasteiger partial charge in [0, 0.05) is 6.42 Å². The molecule has 0 rings (SSSR count). The van der Waals surface area contributed by atoms with Crippen LogP contribution < -0.4 is 5.32 Å². The lowest BCUT2D eigenvalue weighted by atomic mass is 10.0. The molecule has 0 aromatic heterocycles. The molecule has 0 fully saturated rings. The second-order valence-corrected chi connectivity index (χ2v) is 18.3. The molecule has 2 unspecified atom stereocenters. The highest BCUT2D eigenvalue weighted by molar-refractivity contribution is 5.76. The van der Waals surface area contributed by atoms with E-state index in [-0.39, 0.29) is 12.5 Å². The van der Waals surface area contributed by atoms with Crippen LogP contribution in [-0.2, 0) is 4.79 Å². The molecule has 0 bridgehead atoms. The molecule has 4 heteroatoms. The summed E-state index contributed by atoms with van der Waals surface area (Å²) >= 11 is 0. The van der Waals surface area contributed by atoms with Crippen LogP contribution in [0.25, 0.3) is 0 Å². The monoisotopic (exact) mass is 828 g/mol. The summed E-state index contributed by atoms with van der Waals surface area (Å²) < 4.78 is 0. The van der Waals surface area contributed by atoms with Crippen LogP contribution in [0, 0.1) is 0 Å². The fourth-order valence-corrected chi connectivity index (χ4v) is 8.27. The summed E-state index contributed by atoms with van der Waals surface area (Å²) in [5, 5.41) is 23.1. The first-order chi connectivity index (χ1) is 29.2. The number of unbranched alkanes of at least 4 members (excludes halogenated alkanes) is 38. The highest BCUT2D eigenvalue weighted by atomic mass is 16.3. The topological polar surface area (TPSA) is 69.6 Å². The molecule has 348 valence electrons. The molecular weight excluding hydrogens is 723 g/mol. The minimum absolute atomic E-state index is 0.0743. The molecule has 4 nitrogen and oxygen atoms in total. The molecular formula is C55H105NO3. The Morgan fingerprint density at radius 1 is 0.390 bits per heavy atom. The van der Waals surface area contributed by atoms with Gasteiger partial charge in [0.15, 0.2) is 0 Å². The number of carbonyl (C=O) groups is 1. The number of amides is 1. The van der Waals surface area contributed by atoms with E-state index in [2.05, 4.69) is 43.5 Å². The van der Waals surface area contributed by atoms with Gasteiger partial charge in [-0.25, -0.2) is 0 Å². The van der Waals surface area contributed by atoms with Gasteiger partial charge < -0.3 is 15.5 Å². The predicted octanol–water partition coefficient (Wildman–Crippen LogP) is 17.3. The molecule has 0 aliphatic heterocycles. The van der Waals surface area contributed by atoms with E-state index in [9.17, 15) is 15.0 Å². The van der Waals surface area contributed by atoms with Crippen molar-refractivity contribution >= 4 is 5.91 Å². The molecule has 1 amide bonds. The summed E-state index contributed by atoms with van der Waals surface area (Å²) in [6.45, 7) is 4.32. The van der Waals surface area contributed by atoms with Crippen LogP contribution >= 0.6 is 0 Å². The minimum atomic E-state index is -0.868. The third-order valence-corrected chi connectivity index (χ3v) is 12.4. The highest BCUT2D eigenvalue weighted by Crippen LogP contribution is 2.17. The van der Waals surface area contributed by atoms with Crippen LogP contribution in [0.1, 0.15) is 290 Å². The predicted molar refractivity (Wildman–Crippen MR) is 262 cm³/mol. The molecule has 0 aliphatic carbocycles. The SMILES string of the molecule is CCCCCCCCCCCCCCCCCCCCCCC/C=C/CC/C=C/CC/C=C/C(O)C(CO)NC(=O)CCCCCCCCCCCCCCCCCC. The van der Waals surface area contributed by atoms with Gasteiger partial charge in [0.05, 0.1) is 18.8 Å². The smallest absolute Gasteiger partial charge is 0.220 e. The Morgan fingerprint density at radius 3 is 0.983 bits per heavy atom. The van der Waals surface area contributed by atoms with Crippen LogP contribution in [0.2, 0.25) is 0 Å². The Balaban J connectivity index is 3.53. The molecule has 0 saturated carbocycles. The van der Waals surface area contributed by atoms with E-state index in [1.54, 1.807) is 6.08 Å². The Kier molecular flexibility index (Phi) is 49.8. The molecule has 3 N–H and O–H groups in total. The maximum Gasteiger partial charge on any atom is 0.220 e. The van der Waals surface area contributed by atoms with Gasteiger partial charge >= 0.3 is 0 Å². The van der Waals surface area contributed by atoms with Gasteiger partial charge in [-0.1, -0.05) is 275 Å². The number of rotatable bonds is 49. The number of aliphatic hydroxyl groups excluding tert-OH is 2. The van der Waals surface area contributed by atoms with Gasteiger partial charge in [-0.3, -0.25) is 4.79 Å². The van der Waals surface area contributed by atoms with E-state index in [1.165, 1.54) is 231 Å². The zero-order chi connectivity index (χ0) is 42.8. The molecule has 0 aliphatic rings. The first kappa shape index (κ1) is 57.6. The standard InChI is InChI=1S/C55H105NO3/c1-3-5-7-9-11-13-15-17-19-21-22-23-24-25-26-27-28-29-30-31-32-33-34-35-36-38-40-42-44-46-48-50-54(58)53(52-57)56-55(59)51-49-47-45-43-41-39-37-20-18-16-14-12-10-8-6-4-2/h34-35,40,42,48,50,53-54,57-58H,3-33,36-39,41,43-47,49,51-52H2,1-2H3,(H,56,59)/b35-34+,42-40+,50-48+. The molecule has 2 atom stereocenters. The van der Waals surface area contributed by atoms with Gasteiger partial charge in [0.1, 0.15) is 0 Å². The molecule has 0 aromatic rings. The van der Waals surface area contributed by atoms with Crippen LogP contribution in [-0.4, -0.2) is 34.9 Å². The zero-order valence-electron chi connectivity index (χ0n) is 40.0. The van der Waals surface area contributed by atoms with Crippen LogP contribution in [0.4, 0.5) is 0 Å². The van der Waals surface area contributed by atoms with E-state index in [0.29, 0.717) is 6.42 Å². The third kappa shape index (κ3) is 47.5. The highest BCUT2D eigenvalue weighted by Gasteiger charge is 2.17. The molecule has 0 spiro atoms.